The van der Waals surface area contributed by atoms with Crippen LogP contribution >= 0.6 is 24.0 Å². The van der Waals surface area contributed by atoms with Gasteiger partial charge in [-0.25, -0.2) is 4.99 Å². The number of methoxy groups -OCH3 is 3. The third kappa shape index (κ3) is 8.33. The van der Waals surface area contributed by atoms with E-state index in [4.69, 9.17) is 19.9 Å². The quantitative estimate of drug-likeness (QED) is 0.204. The van der Waals surface area contributed by atoms with E-state index in [-0.39, 0.29) is 24.0 Å². The van der Waals surface area contributed by atoms with Crippen LogP contribution in [0.1, 0.15) is 51.0 Å². The van der Waals surface area contributed by atoms with Crippen molar-refractivity contribution in [2.24, 2.45) is 10.7 Å². The number of nitrogens with zero attached hydrogens (tertiary/aromatic N) is 1. The summed E-state index contributed by atoms with van der Waals surface area (Å²) in [5, 5.41) is 3.16. The standard InChI is InChI=1S/C19H33N3O3.HI/c1-5-6-7-8-9-10-13-21-19(20)22-14-15-11-12-16(23-2)18(25-4)17(15)24-3;/h11-12H,5-10,13-14H2,1-4H3,(H3,20,21,22);1H. The van der Waals surface area contributed by atoms with Crippen LogP contribution < -0.4 is 25.3 Å². The normalized spacial score (nSPS) is 10.8. The van der Waals surface area contributed by atoms with Gasteiger partial charge in [0, 0.05) is 12.1 Å². The van der Waals surface area contributed by atoms with E-state index in [0.717, 1.165) is 18.5 Å². The Kier molecular flexibility index (Phi) is 14.0. The summed E-state index contributed by atoms with van der Waals surface area (Å²) in [6, 6.07) is 3.75. The van der Waals surface area contributed by atoms with Crippen LogP contribution in [-0.4, -0.2) is 33.8 Å². The molecular weight excluding hydrogens is 445 g/mol. The first-order valence-corrected chi connectivity index (χ1v) is 8.99. The molecule has 26 heavy (non-hydrogen) atoms. The molecule has 150 valence electrons. The highest BCUT2D eigenvalue weighted by atomic mass is 127. The Balaban J connectivity index is 0.00000625. The number of guanidine groups is 1. The van der Waals surface area contributed by atoms with Crippen LogP contribution in [-0.2, 0) is 6.54 Å². The van der Waals surface area contributed by atoms with Gasteiger partial charge in [0.2, 0.25) is 5.75 Å². The molecule has 0 aromatic heterocycles. The van der Waals surface area contributed by atoms with Crippen molar-refractivity contribution >= 4 is 29.9 Å². The van der Waals surface area contributed by atoms with Gasteiger partial charge in [-0.3, -0.25) is 0 Å². The van der Waals surface area contributed by atoms with E-state index in [1.165, 1.54) is 32.1 Å². The predicted octanol–water partition coefficient (Wildman–Crippen LogP) is 4.10. The van der Waals surface area contributed by atoms with E-state index in [1.54, 1.807) is 21.3 Å². The Morgan fingerprint density at radius 3 is 2.23 bits per heavy atom. The number of hydrogen-bond donors (Lipinski definition) is 2. The number of rotatable bonds is 12. The average Bonchev–Trinajstić information content (AvgIpc) is 2.64. The monoisotopic (exact) mass is 479 g/mol. The van der Waals surface area contributed by atoms with Gasteiger partial charge in [0.1, 0.15) is 0 Å². The molecule has 0 aliphatic heterocycles. The van der Waals surface area contributed by atoms with Gasteiger partial charge in [-0.05, 0) is 18.6 Å². The molecule has 3 N–H and O–H groups in total. The van der Waals surface area contributed by atoms with Gasteiger partial charge in [0.05, 0.1) is 27.9 Å². The fourth-order valence-electron chi connectivity index (χ4n) is 2.64. The zero-order valence-electron chi connectivity index (χ0n) is 16.5. The zero-order chi connectivity index (χ0) is 18.5. The van der Waals surface area contributed by atoms with Crippen molar-refractivity contribution in [3.63, 3.8) is 0 Å². The highest BCUT2D eigenvalue weighted by molar-refractivity contribution is 14.0. The van der Waals surface area contributed by atoms with Gasteiger partial charge in [-0.2, -0.15) is 0 Å². The number of nitrogens with one attached hydrogen (secondary N) is 1. The number of ether oxygens (including phenoxy) is 3. The summed E-state index contributed by atoms with van der Waals surface area (Å²) in [5.41, 5.74) is 6.84. The van der Waals surface area contributed by atoms with Gasteiger partial charge >= 0.3 is 0 Å². The lowest BCUT2D eigenvalue weighted by molar-refractivity contribution is 0.322. The van der Waals surface area contributed by atoms with E-state index in [0.29, 0.717) is 29.8 Å². The van der Waals surface area contributed by atoms with Gasteiger partial charge < -0.3 is 25.3 Å². The first kappa shape index (κ1) is 24.6. The van der Waals surface area contributed by atoms with E-state index < -0.39 is 0 Å². The van der Waals surface area contributed by atoms with Crippen LogP contribution in [0, 0.1) is 0 Å². The minimum atomic E-state index is 0. The van der Waals surface area contributed by atoms with Crippen molar-refractivity contribution in [1.29, 1.82) is 0 Å². The summed E-state index contributed by atoms with van der Waals surface area (Å²) in [6.45, 7) is 3.50. The number of hydrogen-bond acceptors (Lipinski definition) is 4. The minimum Gasteiger partial charge on any atom is -0.493 e. The minimum absolute atomic E-state index is 0. The Morgan fingerprint density at radius 2 is 1.62 bits per heavy atom. The molecule has 0 saturated carbocycles. The Labute approximate surface area is 174 Å². The van der Waals surface area contributed by atoms with Crippen LogP contribution in [0.4, 0.5) is 0 Å². The van der Waals surface area contributed by atoms with Gasteiger partial charge in [-0.15, -0.1) is 24.0 Å². The molecule has 0 spiro atoms. The van der Waals surface area contributed by atoms with Crippen LogP contribution in [0.3, 0.4) is 0 Å². The number of unbranched alkanes of at least 4 members (excludes halogenated alkanes) is 5. The molecule has 0 bridgehead atoms. The lowest BCUT2D eigenvalue weighted by atomic mass is 10.1. The van der Waals surface area contributed by atoms with Crippen molar-refractivity contribution in [2.45, 2.75) is 52.0 Å². The molecule has 0 heterocycles. The number of nitrogens with two attached hydrogens (primary N) is 1. The molecule has 1 aromatic carbocycles. The Bertz CT molecular complexity index is 539. The summed E-state index contributed by atoms with van der Waals surface area (Å²) in [5.74, 6) is 2.26. The van der Waals surface area contributed by atoms with Gasteiger partial charge in [0.25, 0.3) is 0 Å². The highest BCUT2D eigenvalue weighted by Gasteiger charge is 2.15. The predicted molar refractivity (Wildman–Crippen MR) is 118 cm³/mol. The molecule has 0 atom stereocenters. The molecule has 7 heteroatoms. The molecular formula is C19H34IN3O3. The maximum Gasteiger partial charge on any atom is 0.203 e. The topological polar surface area (TPSA) is 78.1 Å². The maximum atomic E-state index is 5.94. The van der Waals surface area contributed by atoms with Crippen molar-refractivity contribution < 1.29 is 14.2 Å². The molecule has 0 saturated heterocycles. The number of benzene rings is 1. The number of halogens is 1. The van der Waals surface area contributed by atoms with E-state index in [1.807, 2.05) is 12.1 Å². The van der Waals surface area contributed by atoms with E-state index in [2.05, 4.69) is 17.2 Å². The van der Waals surface area contributed by atoms with Crippen molar-refractivity contribution in [3.05, 3.63) is 17.7 Å². The third-order valence-corrected chi connectivity index (χ3v) is 4.04. The summed E-state index contributed by atoms with van der Waals surface area (Å²) in [4.78, 5) is 4.39. The molecule has 0 aliphatic carbocycles. The molecule has 6 nitrogen and oxygen atoms in total. The van der Waals surface area contributed by atoms with Crippen LogP contribution in [0.2, 0.25) is 0 Å². The molecule has 0 unspecified atom stereocenters. The molecule has 0 radical (unpaired) electrons. The van der Waals surface area contributed by atoms with E-state index >= 15 is 0 Å². The van der Waals surface area contributed by atoms with Crippen LogP contribution in [0.5, 0.6) is 17.2 Å². The third-order valence-electron chi connectivity index (χ3n) is 4.04. The largest absolute Gasteiger partial charge is 0.493 e. The van der Waals surface area contributed by atoms with Crippen molar-refractivity contribution in [2.75, 3.05) is 27.9 Å². The lowest BCUT2D eigenvalue weighted by Crippen LogP contribution is -2.32. The molecule has 1 aromatic rings. The number of aliphatic imine (C=N–C) groups is 1. The maximum absolute atomic E-state index is 5.94. The second-order valence-electron chi connectivity index (χ2n) is 5.89. The summed E-state index contributed by atoms with van der Waals surface area (Å²) in [6.07, 6.45) is 7.54. The van der Waals surface area contributed by atoms with E-state index in [9.17, 15) is 0 Å². The van der Waals surface area contributed by atoms with Gasteiger partial charge in [-0.1, -0.05) is 39.0 Å². The lowest BCUT2D eigenvalue weighted by Gasteiger charge is -2.15. The molecule has 1 rings (SSSR count). The fraction of sp³-hybridized carbons (Fsp3) is 0.632. The summed E-state index contributed by atoms with van der Waals surface area (Å²) >= 11 is 0. The zero-order valence-corrected chi connectivity index (χ0v) is 18.8. The molecule has 0 amide bonds. The first-order valence-electron chi connectivity index (χ1n) is 8.99. The summed E-state index contributed by atoms with van der Waals surface area (Å²) in [7, 11) is 4.79. The molecule has 0 aliphatic rings. The van der Waals surface area contributed by atoms with Crippen molar-refractivity contribution in [3.8, 4) is 17.2 Å². The molecule has 0 fully saturated rings. The average molecular weight is 479 g/mol. The smallest absolute Gasteiger partial charge is 0.203 e. The van der Waals surface area contributed by atoms with Crippen molar-refractivity contribution in [1.82, 2.24) is 5.32 Å². The fourth-order valence-corrected chi connectivity index (χ4v) is 2.64. The summed E-state index contributed by atoms with van der Waals surface area (Å²) < 4.78 is 16.1. The Hall–Kier alpha value is -1.38. The second kappa shape index (κ2) is 14.8. The highest BCUT2D eigenvalue weighted by Crippen LogP contribution is 2.39. The first-order chi connectivity index (χ1) is 12.2. The van der Waals surface area contributed by atoms with Gasteiger partial charge in [0.15, 0.2) is 17.5 Å². The SMILES string of the molecule is CCCCCCCCNC(N)=NCc1ccc(OC)c(OC)c1OC.I. The van der Waals surface area contributed by atoms with Crippen LogP contribution in [0.15, 0.2) is 17.1 Å². The van der Waals surface area contributed by atoms with Crippen LogP contribution in [0.25, 0.3) is 0 Å². The second-order valence-corrected chi connectivity index (χ2v) is 5.89. The Morgan fingerprint density at radius 1 is 0.962 bits per heavy atom.